The van der Waals surface area contributed by atoms with Crippen molar-refractivity contribution in [1.29, 1.82) is 0 Å². The Morgan fingerprint density at radius 1 is 1.23 bits per heavy atom. The van der Waals surface area contributed by atoms with Gasteiger partial charge in [-0.05, 0) is 13.3 Å². The monoisotopic (exact) mass is 184 g/mol. The number of carbonyl (C=O) groups is 1. The second kappa shape index (κ2) is 5.10. The van der Waals surface area contributed by atoms with Crippen molar-refractivity contribution in [3.8, 4) is 0 Å². The molecule has 0 saturated carbocycles. The van der Waals surface area contributed by atoms with Crippen molar-refractivity contribution in [3.63, 3.8) is 0 Å². The lowest BCUT2D eigenvalue weighted by Crippen LogP contribution is -2.30. The first-order chi connectivity index (χ1) is 6.24. The van der Waals surface area contributed by atoms with Crippen LogP contribution in [-0.4, -0.2) is 18.1 Å². The summed E-state index contributed by atoms with van der Waals surface area (Å²) in [6.45, 7) is 4.27. The zero-order chi connectivity index (χ0) is 9.68. The minimum Gasteiger partial charge on any atom is -0.334 e. The summed E-state index contributed by atoms with van der Waals surface area (Å²) < 4.78 is 0. The normalized spacial score (nSPS) is 27.1. The van der Waals surface area contributed by atoms with E-state index >= 15 is 0 Å². The van der Waals surface area contributed by atoms with Gasteiger partial charge in [-0.1, -0.05) is 32.6 Å². The smallest absolute Gasteiger partial charge is 0.315 e. The van der Waals surface area contributed by atoms with Crippen molar-refractivity contribution in [2.45, 2.75) is 58.0 Å². The molecule has 1 fully saturated rings. The lowest BCUT2D eigenvalue weighted by Gasteiger charge is -2.13. The molecule has 0 aromatic carbocycles. The van der Waals surface area contributed by atoms with Gasteiger partial charge in [-0.3, -0.25) is 0 Å². The highest BCUT2D eigenvalue weighted by Gasteiger charge is 2.26. The third-order valence-corrected chi connectivity index (χ3v) is 2.65. The van der Waals surface area contributed by atoms with Crippen molar-refractivity contribution >= 4 is 6.03 Å². The van der Waals surface area contributed by atoms with Gasteiger partial charge in [0, 0.05) is 6.04 Å². The Labute approximate surface area is 80.3 Å². The maximum Gasteiger partial charge on any atom is 0.315 e. The van der Waals surface area contributed by atoms with Gasteiger partial charge in [0.25, 0.3) is 0 Å². The van der Waals surface area contributed by atoms with E-state index in [1.54, 1.807) is 0 Å². The first-order valence-electron chi connectivity index (χ1n) is 5.31. The number of nitrogens with one attached hydrogen (secondary N) is 2. The minimum atomic E-state index is -0.00649. The maximum absolute atomic E-state index is 10.9. The fourth-order valence-corrected chi connectivity index (χ4v) is 1.76. The van der Waals surface area contributed by atoms with Gasteiger partial charge in [0.2, 0.25) is 0 Å². The van der Waals surface area contributed by atoms with Crippen LogP contribution in [-0.2, 0) is 0 Å². The Balaban J connectivity index is 2.11. The molecule has 76 valence electrons. The van der Waals surface area contributed by atoms with Gasteiger partial charge >= 0.3 is 6.03 Å². The summed E-state index contributed by atoms with van der Waals surface area (Å²) in [5.74, 6) is 0. The van der Waals surface area contributed by atoms with E-state index in [1.165, 1.54) is 25.7 Å². The van der Waals surface area contributed by atoms with E-state index < -0.39 is 0 Å². The van der Waals surface area contributed by atoms with Gasteiger partial charge < -0.3 is 10.6 Å². The fourth-order valence-electron chi connectivity index (χ4n) is 1.76. The van der Waals surface area contributed by atoms with E-state index in [0.29, 0.717) is 12.1 Å². The molecule has 2 unspecified atom stereocenters. The van der Waals surface area contributed by atoms with Gasteiger partial charge in [-0.15, -0.1) is 0 Å². The maximum atomic E-state index is 10.9. The largest absolute Gasteiger partial charge is 0.334 e. The van der Waals surface area contributed by atoms with Crippen LogP contribution in [0.5, 0.6) is 0 Å². The SMILES string of the molecule is CCCCCCC1NC(=O)NC1C. The van der Waals surface area contributed by atoms with Gasteiger partial charge in [0.05, 0.1) is 6.04 Å². The molecule has 2 N–H and O–H groups in total. The molecule has 1 rings (SSSR count). The summed E-state index contributed by atoms with van der Waals surface area (Å²) in [5.41, 5.74) is 0. The number of hydrogen-bond donors (Lipinski definition) is 2. The predicted molar refractivity (Wildman–Crippen MR) is 53.7 cm³/mol. The Bertz CT molecular complexity index is 170. The van der Waals surface area contributed by atoms with Crippen LogP contribution in [0.4, 0.5) is 4.79 Å². The summed E-state index contributed by atoms with van der Waals surface area (Å²) in [5, 5.41) is 5.79. The highest BCUT2D eigenvalue weighted by Crippen LogP contribution is 2.11. The highest BCUT2D eigenvalue weighted by molar-refractivity contribution is 5.77. The third-order valence-electron chi connectivity index (χ3n) is 2.65. The molecule has 1 heterocycles. The number of carbonyl (C=O) groups excluding carboxylic acids is 1. The molecule has 0 aliphatic carbocycles. The zero-order valence-corrected chi connectivity index (χ0v) is 8.60. The van der Waals surface area contributed by atoms with Crippen molar-refractivity contribution in [2.75, 3.05) is 0 Å². The Morgan fingerprint density at radius 3 is 2.54 bits per heavy atom. The summed E-state index contributed by atoms with van der Waals surface area (Å²) in [4.78, 5) is 10.9. The van der Waals surface area contributed by atoms with Crippen LogP contribution in [0.3, 0.4) is 0 Å². The summed E-state index contributed by atoms with van der Waals surface area (Å²) in [6, 6.07) is 0.645. The van der Waals surface area contributed by atoms with E-state index in [2.05, 4.69) is 24.5 Å². The average molecular weight is 184 g/mol. The van der Waals surface area contributed by atoms with Gasteiger partial charge in [-0.25, -0.2) is 4.79 Å². The molecule has 2 atom stereocenters. The van der Waals surface area contributed by atoms with Crippen LogP contribution in [0.15, 0.2) is 0 Å². The number of hydrogen-bond acceptors (Lipinski definition) is 1. The van der Waals surface area contributed by atoms with Gasteiger partial charge in [-0.2, -0.15) is 0 Å². The van der Waals surface area contributed by atoms with Crippen LogP contribution < -0.4 is 10.6 Å². The Morgan fingerprint density at radius 2 is 2.00 bits per heavy atom. The lowest BCUT2D eigenvalue weighted by molar-refractivity contribution is 0.247. The standard InChI is InChI=1S/C10H20N2O/c1-3-4-5-6-7-9-8(2)11-10(13)12-9/h8-9H,3-7H2,1-2H3,(H2,11,12,13). The second-order valence-electron chi connectivity index (χ2n) is 3.86. The molecule has 0 spiro atoms. The van der Waals surface area contributed by atoms with Crippen molar-refractivity contribution in [2.24, 2.45) is 0 Å². The minimum absolute atomic E-state index is 0.00649. The molecule has 1 aliphatic heterocycles. The molecule has 1 aliphatic rings. The quantitative estimate of drug-likeness (QED) is 0.631. The Kier molecular flexibility index (Phi) is 4.06. The van der Waals surface area contributed by atoms with Crippen molar-refractivity contribution in [1.82, 2.24) is 10.6 Å². The average Bonchev–Trinajstić information content (AvgIpc) is 2.39. The van der Waals surface area contributed by atoms with E-state index in [-0.39, 0.29) is 6.03 Å². The van der Waals surface area contributed by atoms with Crippen molar-refractivity contribution in [3.05, 3.63) is 0 Å². The molecule has 1 saturated heterocycles. The van der Waals surface area contributed by atoms with Crippen molar-refractivity contribution < 1.29 is 4.79 Å². The third kappa shape index (κ3) is 3.25. The summed E-state index contributed by atoms with van der Waals surface area (Å²) in [7, 11) is 0. The number of amides is 2. The molecule has 3 nitrogen and oxygen atoms in total. The summed E-state index contributed by atoms with van der Waals surface area (Å²) in [6.07, 6.45) is 6.20. The summed E-state index contributed by atoms with van der Waals surface area (Å²) >= 11 is 0. The van der Waals surface area contributed by atoms with E-state index in [0.717, 1.165) is 6.42 Å². The lowest BCUT2D eigenvalue weighted by atomic mass is 10.0. The molecule has 0 radical (unpaired) electrons. The highest BCUT2D eigenvalue weighted by atomic mass is 16.2. The number of rotatable bonds is 5. The van der Waals surface area contributed by atoms with Crippen LogP contribution in [0.2, 0.25) is 0 Å². The van der Waals surface area contributed by atoms with Crippen LogP contribution in [0, 0.1) is 0 Å². The second-order valence-corrected chi connectivity index (χ2v) is 3.86. The van der Waals surface area contributed by atoms with E-state index in [4.69, 9.17) is 0 Å². The topological polar surface area (TPSA) is 41.1 Å². The molecular weight excluding hydrogens is 164 g/mol. The number of unbranched alkanes of at least 4 members (excludes halogenated alkanes) is 3. The van der Waals surface area contributed by atoms with Gasteiger partial charge in [0.1, 0.15) is 0 Å². The van der Waals surface area contributed by atoms with E-state index in [1.807, 2.05) is 0 Å². The first kappa shape index (κ1) is 10.4. The molecule has 2 amide bonds. The van der Waals surface area contributed by atoms with Crippen LogP contribution in [0.1, 0.15) is 46.0 Å². The predicted octanol–water partition coefficient (Wildman–Crippen LogP) is 2.03. The van der Waals surface area contributed by atoms with Crippen LogP contribution >= 0.6 is 0 Å². The van der Waals surface area contributed by atoms with Gasteiger partial charge in [0.15, 0.2) is 0 Å². The Hall–Kier alpha value is -0.730. The zero-order valence-electron chi connectivity index (χ0n) is 8.60. The molecule has 0 aromatic heterocycles. The molecular formula is C10H20N2O. The fraction of sp³-hybridized carbons (Fsp3) is 0.900. The van der Waals surface area contributed by atoms with E-state index in [9.17, 15) is 4.79 Å². The molecule has 0 bridgehead atoms. The van der Waals surface area contributed by atoms with Crippen LogP contribution in [0.25, 0.3) is 0 Å². The molecule has 13 heavy (non-hydrogen) atoms. The first-order valence-corrected chi connectivity index (χ1v) is 5.31. The molecule has 3 heteroatoms. The molecule has 0 aromatic rings. The number of urea groups is 1.